The molecule has 86 valence electrons. The summed E-state index contributed by atoms with van der Waals surface area (Å²) in [6, 6.07) is 8.00. The van der Waals surface area contributed by atoms with Crippen LogP contribution in [-0.2, 0) is 16.6 Å². The van der Waals surface area contributed by atoms with Crippen LogP contribution in [0.15, 0.2) is 24.3 Å². The van der Waals surface area contributed by atoms with E-state index >= 15 is 0 Å². The van der Waals surface area contributed by atoms with Gasteiger partial charge in [-0.25, -0.2) is 0 Å². The molecule has 0 aliphatic heterocycles. The van der Waals surface area contributed by atoms with Gasteiger partial charge in [-0.15, -0.1) is 0 Å². The van der Waals surface area contributed by atoms with Gasteiger partial charge in [0.2, 0.25) is 0 Å². The number of hydrogen-bond donors (Lipinski definition) is 1. The maximum absolute atomic E-state index is 11.6. The fourth-order valence-electron chi connectivity index (χ4n) is 2.76. The van der Waals surface area contributed by atoms with Crippen LogP contribution < -0.4 is 0 Å². The highest BCUT2D eigenvalue weighted by Gasteiger charge is 2.44. The van der Waals surface area contributed by atoms with Crippen molar-refractivity contribution in [2.75, 3.05) is 0 Å². The van der Waals surface area contributed by atoms with Crippen LogP contribution in [0.2, 0.25) is 0 Å². The first-order valence-corrected chi connectivity index (χ1v) is 6.02. The van der Waals surface area contributed by atoms with Gasteiger partial charge >= 0.3 is 5.97 Å². The fraction of sp³-hybridized carbons (Fsp3) is 0.500. The summed E-state index contributed by atoms with van der Waals surface area (Å²) in [4.78, 5) is 11.6. The van der Waals surface area contributed by atoms with Gasteiger partial charge in [0.25, 0.3) is 0 Å². The highest BCUT2D eigenvalue weighted by atomic mass is 16.4. The lowest BCUT2D eigenvalue weighted by molar-refractivity contribution is -0.144. The highest BCUT2D eigenvalue weighted by molar-refractivity contribution is 5.83. The number of benzene rings is 1. The number of carboxylic acids is 1. The molecule has 2 nitrogen and oxygen atoms in total. The lowest BCUT2D eigenvalue weighted by atomic mass is 9.77. The Morgan fingerprint density at radius 1 is 1.44 bits per heavy atom. The maximum Gasteiger partial charge on any atom is 0.314 e. The molecule has 0 bridgehead atoms. The quantitative estimate of drug-likeness (QED) is 0.843. The van der Waals surface area contributed by atoms with Crippen LogP contribution >= 0.6 is 0 Å². The van der Waals surface area contributed by atoms with Crippen LogP contribution in [0.4, 0.5) is 0 Å². The summed E-state index contributed by atoms with van der Waals surface area (Å²) in [5.41, 5.74) is 1.67. The third kappa shape index (κ3) is 1.62. The van der Waals surface area contributed by atoms with Crippen molar-refractivity contribution in [3.63, 3.8) is 0 Å². The van der Waals surface area contributed by atoms with Crippen molar-refractivity contribution in [2.24, 2.45) is 0 Å². The number of unbranched alkanes of at least 4 members (excludes halogenated alkanes) is 1. The van der Waals surface area contributed by atoms with Crippen LogP contribution in [0.5, 0.6) is 0 Å². The molecule has 1 aromatic rings. The molecule has 16 heavy (non-hydrogen) atoms. The maximum atomic E-state index is 11.6. The third-order valence-corrected chi connectivity index (χ3v) is 3.72. The van der Waals surface area contributed by atoms with Crippen molar-refractivity contribution in [3.05, 3.63) is 35.4 Å². The first kappa shape index (κ1) is 11.2. The van der Waals surface area contributed by atoms with Crippen LogP contribution in [0, 0.1) is 0 Å². The molecule has 0 amide bonds. The van der Waals surface area contributed by atoms with Crippen molar-refractivity contribution in [1.29, 1.82) is 0 Å². The molecular weight excluding hydrogens is 200 g/mol. The summed E-state index contributed by atoms with van der Waals surface area (Å²) < 4.78 is 0. The van der Waals surface area contributed by atoms with Gasteiger partial charge in [-0.2, -0.15) is 0 Å². The Bertz CT molecular complexity index is 397. The van der Waals surface area contributed by atoms with Gasteiger partial charge < -0.3 is 5.11 Å². The molecule has 0 fully saturated rings. The summed E-state index contributed by atoms with van der Waals surface area (Å²) in [6.45, 7) is 2.11. The third-order valence-electron chi connectivity index (χ3n) is 3.72. The first-order chi connectivity index (χ1) is 7.70. The van der Waals surface area contributed by atoms with Crippen molar-refractivity contribution < 1.29 is 9.90 Å². The van der Waals surface area contributed by atoms with E-state index in [0.29, 0.717) is 0 Å². The number of carbonyl (C=O) groups is 1. The van der Waals surface area contributed by atoms with E-state index in [4.69, 9.17) is 0 Å². The van der Waals surface area contributed by atoms with Gasteiger partial charge in [0.15, 0.2) is 0 Å². The van der Waals surface area contributed by atoms with E-state index in [1.54, 1.807) is 0 Å². The second-order valence-electron chi connectivity index (χ2n) is 4.65. The lowest BCUT2D eigenvalue weighted by Crippen LogP contribution is -2.33. The highest BCUT2D eigenvalue weighted by Crippen LogP contribution is 2.42. The van der Waals surface area contributed by atoms with Crippen LogP contribution in [0.25, 0.3) is 0 Å². The molecule has 2 heteroatoms. The summed E-state index contributed by atoms with van der Waals surface area (Å²) in [7, 11) is 0. The van der Waals surface area contributed by atoms with E-state index < -0.39 is 11.4 Å². The number of hydrogen-bond acceptors (Lipinski definition) is 1. The molecule has 1 N–H and O–H groups in total. The molecule has 2 rings (SSSR count). The standard InChI is InChI=1S/C14H18O2/c1-2-3-9-14(13(15)16)10-8-11-6-4-5-7-12(11)14/h4-7H,2-3,8-10H2,1H3,(H,15,16). The lowest BCUT2D eigenvalue weighted by Gasteiger charge is -2.25. The van der Waals surface area contributed by atoms with Gasteiger partial charge in [-0.3, -0.25) is 4.79 Å². The second kappa shape index (κ2) is 4.28. The van der Waals surface area contributed by atoms with Gasteiger partial charge in [-0.1, -0.05) is 44.0 Å². The molecule has 1 atom stereocenters. The number of aliphatic carboxylic acids is 1. The molecule has 1 aliphatic carbocycles. The van der Waals surface area contributed by atoms with E-state index in [9.17, 15) is 9.90 Å². The zero-order valence-electron chi connectivity index (χ0n) is 9.70. The molecule has 0 heterocycles. The Balaban J connectivity index is 2.39. The van der Waals surface area contributed by atoms with Crippen molar-refractivity contribution in [1.82, 2.24) is 0 Å². The second-order valence-corrected chi connectivity index (χ2v) is 4.65. The fourth-order valence-corrected chi connectivity index (χ4v) is 2.76. The average Bonchev–Trinajstić information content (AvgIpc) is 2.67. The largest absolute Gasteiger partial charge is 0.481 e. The molecule has 0 saturated carbocycles. The molecule has 1 aliphatic rings. The summed E-state index contributed by atoms with van der Waals surface area (Å²) in [5, 5.41) is 9.54. The number of fused-ring (bicyclic) bond motifs is 1. The summed E-state index contributed by atoms with van der Waals surface area (Å²) >= 11 is 0. The van der Waals surface area contributed by atoms with Crippen molar-refractivity contribution in [2.45, 2.75) is 44.4 Å². The molecule has 0 spiro atoms. The minimum Gasteiger partial charge on any atom is -0.481 e. The van der Waals surface area contributed by atoms with E-state index in [1.165, 1.54) is 5.56 Å². The van der Waals surface area contributed by atoms with Gasteiger partial charge in [-0.05, 0) is 30.4 Å². The zero-order chi connectivity index (χ0) is 11.6. The van der Waals surface area contributed by atoms with E-state index in [-0.39, 0.29) is 0 Å². The predicted octanol–water partition coefficient (Wildman–Crippen LogP) is 3.15. The molecule has 1 aromatic carbocycles. The molecule has 0 saturated heterocycles. The van der Waals surface area contributed by atoms with Gasteiger partial charge in [0.05, 0.1) is 5.41 Å². The van der Waals surface area contributed by atoms with Crippen molar-refractivity contribution >= 4 is 5.97 Å². The summed E-state index contributed by atoms with van der Waals surface area (Å²) in [6.07, 6.45) is 4.49. The Hall–Kier alpha value is -1.31. The molecule has 1 unspecified atom stereocenters. The van der Waals surface area contributed by atoms with E-state index in [2.05, 4.69) is 13.0 Å². The van der Waals surface area contributed by atoms with Crippen LogP contribution in [-0.4, -0.2) is 11.1 Å². The van der Waals surface area contributed by atoms with Gasteiger partial charge in [0, 0.05) is 0 Å². The number of aryl methyl sites for hydroxylation is 1. The predicted molar refractivity (Wildman–Crippen MR) is 63.6 cm³/mol. The first-order valence-electron chi connectivity index (χ1n) is 6.02. The van der Waals surface area contributed by atoms with Crippen molar-refractivity contribution in [3.8, 4) is 0 Å². The molecular formula is C14H18O2. The topological polar surface area (TPSA) is 37.3 Å². The Morgan fingerprint density at radius 2 is 2.19 bits per heavy atom. The Morgan fingerprint density at radius 3 is 2.88 bits per heavy atom. The monoisotopic (exact) mass is 218 g/mol. The summed E-state index contributed by atoms with van der Waals surface area (Å²) in [5.74, 6) is -0.647. The molecule has 0 radical (unpaired) electrons. The minimum atomic E-state index is -0.647. The average molecular weight is 218 g/mol. The number of rotatable bonds is 4. The minimum absolute atomic E-state index is 0.605. The van der Waals surface area contributed by atoms with E-state index in [0.717, 1.165) is 37.7 Å². The normalized spacial score (nSPS) is 23.1. The van der Waals surface area contributed by atoms with Crippen LogP contribution in [0.3, 0.4) is 0 Å². The molecule has 0 aromatic heterocycles. The van der Waals surface area contributed by atoms with Gasteiger partial charge in [0.1, 0.15) is 0 Å². The van der Waals surface area contributed by atoms with E-state index in [1.807, 2.05) is 18.2 Å². The zero-order valence-corrected chi connectivity index (χ0v) is 9.70. The Kier molecular flexibility index (Phi) is 2.99. The Labute approximate surface area is 96.3 Å². The SMILES string of the molecule is CCCCC1(C(=O)O)CCc2ccccc21. The number of carboxylic acid groups (broad SMARTS) is 1. The smallest absolute Gasteiger partial charge is 0.314 e. The van der Waals surface area contributed by atoms with Crippen LogP contribution in [0.1, 0.15) is 43.7 Å².